The van der Waals surface area contributed by atoms with Crippen molar-refractivity contribution in [3.8, 4) is 0 Å². The minimum atomic E-state index is -4.04. The second-order valence-corrected chi connectivity index (χ2v) is 11.6. The van der Waals surface area contributed by atoms with E-state index in [1.54, 1.807) is 43.3 Å². The van der Waals surface area contributed by atoms with Gasteiger partial charge in [0.25, 0.3) is 10.0 Å². The molecule has 0 aliphatic heterocycles. The minimum absolute atomic E-state index is 0.106. The topological polar surface area (TPSA) is 92.8 Å². The molecular formula is C27H30N2O5S2. The SMILES string of the molecule is CCOC(=O)c1c(NC(=O)CN(c2ccccc2CC)S(=O)(=O)c2ccc(C)cc2)sc2c1CCC2. The number of carbonyl (C=O) groups is 2. The standard InChI is InChI=1S/C27H30N2O5S2/c1-4-19-9-6-7-11-22(19)29(36(32,33)20-15-13-18(3)14-16-20)17-24(30)28-26-25(27(31)34-5-2)21-10-8-12-23(21)35-26/h6-7,9,11,13-16H,4-5,8,10,12,17H2,1-3H3,(H,28,30). The molecule has 4 rings (SSSR count). The molecule has 1 heterocycles. The summed E-state index contributed by atoms with van der Waals surface area (Å²) in [5.41, 5.74) is 3.52. The molecule has 0 unspecified atom stereocenters. The molecule has 0 saturated carbocycles. The molecule has 0 bridgehead atoms. The van der Waals surface area contributed by atoms with Crippen LogP contribution in [-0.2, 0) is 38.8 Å². The molecule has 0 radical (unpaired) electrons. The van der Waals surface area contributed by atoms with Crippen molar-refractivity contribution >= 4 is 43.9 Å². The number of sulfonamides is 1. The highest BCUT2D eigenvalue weighted by molar-refractivity contribution is 7.92. The van der Waals surface area contributed by atoms with Crippen LogP contribution < -0.4 is 9.62 Å². The zero-order valence-corrected chi connectivity index (χ0v) is 22.3. The summed E-state index contributed by atoms with van der Waals surface area (Å²) in [6.45, 7) is 5.36. The molecule has 0 atom stereocenters. The van der Waals surface area contributed by atoms with Gasteiger partial charge in [0.2, 0.25) is 5.91 Å². The van der Waals surface area contributed by atoms with Gasteiger partial charge in [-0.1, -0.05) is 42.8 Å². The maximum Gasteiger partial charge on any atom is 0.341 e. The van der Waals surface area contributed by atoms with Crippen molar-refractivity contribution < 1.29 is 22.7 Å². The molecule has 9 heteroatoms. The Morgan fingerprint density at radius 3 is 2.47 bits per heavy atom. The summed E-state index contributed by atoms with van der Waals surface area (Å²) in [6, 6.07) is 13.7. The van der Waals surface area contributed by atoms with Crippen LogP contribution in [0.15, 0.2) is 53.4 Å². The van der Waals surface area contributed by atoms with Gasteiger partial charge in [-0.25, -0.2) is 13.2 Å². The lowest BCUT2D eigenvalue weighted by Gasteiger charge is -2.26. The van der Waals surface area contributed by atoms with Crippen LogP contribution in [0.5, 0.6) is 0 Å². The van der Waals surface area contributed by atoms with Gasteiger partial charge in [-0.3, -0.25) is 9.10 Å². The molecule has 1 N–H and O–H groups in total. The second kappa shape index (κ2) is 10.8. The number of hydrogen-bond acceptors (Lipinski definition) is 6. The minimum Gasteiger partial charge on any atom is -0.462 e. The van der Waals surface area contributed by atoms with Crippen molar-refractivity contribution in [2.45, 2.75) is 51.3 Å². The highest BCUT2D eigenvalue weighted by atomic mass is 32.2. The van der Waals surface area contributed by atoms with E-state index in [9.17, 15) is 18.0 Å². The first-order chi connectivity index (χ1) is 17.3. The smallest absolute Gasteiger partial charge is 0.341 e. The summed E-state index contributed by atoms with van der Waals surface area (Å²) in [4.78, 5) is 27.2. The van der Waals surface area contributed by atoms with Crippen LogP contribution in [0.25, 0.3) is 0 Å². The van der Waals surface area contributed by atoms with Gasteiger partial charge in [0.15, 0.2) is 0 Å². The number of para-hydroxylation sites is 1. The number of ether oxygens (including phenoxy) is 1. The van der Waals surface area contributed by atoms with Crippen LogP contribution in [-0.4, -0.2) is 33.4 Å². The Hall–Kier alpha value is -3.17. The molecule has 1 aromatic heterocycles. The maximum atomic E-state index is 13.7. The van der Waals surface area contributed by atoms with Crippen molar-refractivity contribution in [1.82, 2.24) is 0 Å². The van der Waals surface area contributed by atoms with Gasteiger partial charge in [-0.2, -0.15) is 0 Å². The Morgan fingerprint density at radius 1 is 1.06 bits per heavy atom. The summed E-state index contributed by atoms with van der Waals surface area (Å²) in [5, 5.41) is 3.24. The van der Waals surface area contributed by atoms with Crippen molar-refractivity contribution in [2.75, 3.05) is 22.8 Å². The van der Waals surface area contributed by atoms with Gasteiger partial charge in [-0.05, 0) is 68.9 Å². The van der Waals surface area contributed by atoms with E-state index in [0.29, 0.717) is 22.7 Å². The number of thiophene rings is 1. The largest absolute Gasteiger partial charge is 0.462 e. The normalized spacial score (nSPS) is 12.8. The first-order valence-electron chi connectivity index (χ1n) is 12.0. The Labute approximate surface area is 216 Å². The number of rotatable bonds is 9. The summed E-state index contributed by atoms with van der Waals surface area (Å²) in [6.07, 6.45) is 3.16. The molecule has 1 amide bonds. The summed E-state index contributed by atoms with van der Waals surface area (Å²) in [5.74, 6) is -0.991. The molecular weight excluding hydrogens is 496 g/mol. The predicted octanol–water partition coefficient (Wildman–Crippen LogP) is 5.12. The van der Waals surface area contributed by atoms with Gasteiger partial charge < -0.3 is 10.1 Å². The fraction of sp³-hybridized carbons (Fsp3) is 0.333. The number of fused-ring (bicyclic) bond motifs is 1. The summed E-state index contributed by atoms with van der Waals surface area (Å²) in [7, 11) is -4.04. The number of carbonyl (C=O) groups excluding carboxylic acids is 2. The number of esters is 1. The second-order valence-electron chi connectivity index (χ2n) is 8.64. The lowest BCUT2D eigenvalue weighted by atomic mass is 10.1. The first kappa shape index (κ1) is 25.9. The van der Waals surface area contributed by atoms with Crippen LogP contribution in [0.4, 0.5) is 10.7 Å². The van der Waals surface area contributed by atoms with Crippen molar-refractivity contribution in [2.24, 2.45) is 0 Å². The van der Waals surface area contributed by atoms with E-state index >= 15 is 0 Å². The van der Waals surface area contributed by atoms with Gasteiger partial charge in [0.05, 0.1) is 22.8 Å². The van der Waals surface area contributed by atoms with Crippen molar-refractivity contribution in [3.05, 3.63) is 75.7 Å². The molecule has 1 aliphatic rings. The van der Waals surface area contributed by atoms with E-state index in [4.69, 9.17) is 4.74 Å². The molecule has 0 fully saturated rings. The van der Waals surface area contributed by atoms with E-state index in [1.807, 2.05) is 26.0 Å². The average molecular weight is 527 g/mol. The van der Waals surface area contributed by atoms with Crippen LogP contribution in [0.2, 0.25) is 0 Å². The van der Waals surface area contributed by atoms with Crippen LogP contribution >= 0.6 is 11.3 Å². The van der Waals surface area contributed by atoms with E-state index in [-0.39, 0.29) is 11.5 Å². The zero-order valence-electron chi connectivity index (χ0n) is 20.7. The number of anilines is 2. The van der Waals surface area contributed by atoms with E-state index < -0.39 is 28.4 Å². The lowest BCUT2D eigenvalue weighted by Crippen LogP contribution is -2.38. The van der Waals surface area contributed by atoms with Crippen molar-refractivity contribution in [3.63, 3.8) is 0 Å². The molecule has 1 aliphatic carbocycles. The van der Waals surface area contributed by atoms with Crippen LogP contribution in [0, 0.1) is 6.92 Å². The third kappa shape index (κ3) is 5.17. The molecule has 190 valence electrons. The predicted molar refractivity (Wildman–Crippen MR) is 142 cm³/mol. The Balaban J connectivity index is 1.69. The number of amides is 1. The van der Waals surface area contributed by atoms with E-state index in [0.717, 1.165) is 45.1 Å². The third-order valence-electron chi connectivity index (χ3n) is 6.19. The maximum absolute atomic E-state index is 13.7. The lowest BCUT2D eigenvalue weighted by molar-refractivity contribution is -0.114. The Morgan fingerprint density at radius 2 is 1.78 bits per heavy atom. The monoisotopic (exact) mass is 526 g/mol. The quantitative estimate of drug-likeness (QED) is 0.391. The number of nitrogens with one attached hydrogen (secondary N) is 1. The molecule has 36 heavy (non-hydrogen) atoms. The summed E-state index contributed by atoms with van der Waals surface area (Å²) >= 11 is 1.37. The Kier molecular flexibility index (Phi) is 7.80. The number of benzene rings is 2. The van der Waals surface area contributed by atoms with Crippen LogP contribution in [0.1, 0.15) is 52.2 Å². The number of nitrogens with zero attached hydrogens (tertiary/aromatic N) is 1. The Bertz CT molecular complexity index is 1380. The van der Waals surface area contributed by atoms with Gasteiger partial charge in [-0.15, -0.1) is 11.3 Å². The van der Waals surface area contributed by atoms with Crippen molar-refractivity contribution in [1.29, 1.82) is 0 Å². The first-order valence-corrected chi connectivity index (χ1v) is 14.3. The van der Waals surface area contributed by atoms with Gasteiger partial charge >= 0.3 is 5.97 Å². The highest BCUT2D eigenvalue weighted by Gasteiger charge is 2.31. The molecule has 0 spiro atoms. The van der Waals surface area contributed by atoms with E-state index in [1.165, 1.54) is 11.3 Å². The highest BCUT2D eigenvalue weighted by Crippen LogP contribution is 2.39. The fourth-order valence-corrected chi connectivity index (χ4v) is 7.15. The molecule has 3 aromatic rings. The summed E-state index contributed by atoms with van der Waals surface area (Å²) < 4.78 is 33.9. The van der Waals surface area contributed by atoms with Gasteiger partial charge in [0, 0.05) is 4.88 Å². The van der Waals surface area contributed by atoms with Gasteiger partial charge in [0.1, 0.15) is 11.5 Å². The zero-order chi connectivity index (χ0) is 25.9. The molecule has 7 nitrogen and oxygen atoms in total. The number of aryl methyl sites for hydroxylation is 3. The average Bonchev–Trinajstić information content (AvgIpc) is 3.43. The molecule has 0 saturated heterocycles. The van der Waals surface area contributed by atoms with Crippen LogP contribution in [0.3, 0.4) is 0 Å². The number of hydrogen-bond donors (Lipinski definition) is 1. The molecule has 2 aromatic carbocycles. The van der Waals surface area contributed by atoms with E-state index in [2.05, 4.69) is 5.32 Å². The fourth-order valence-electron chi connectivity index (χ4n) is 4.40. The third-order valence-corrected chi connectivity index (χ3v) is 9.17.